The van der Waals surface area contributed by atoms with Gasteiger partial charge in [0.1, 0.15) is 5.73 Å². The molecule has 1 aliphatic heterocycles. The van der Waals surface area contributed by atoms with Crippen molar-refractivity contribution < 1.29 is 23.2 Å². The fraction of sp³-hybridized carbons (Fsp3) is 0.800. The highest BCUT2D eigenvalue weighted by atomic mass is 19.1. The molecule has 6 heteroatoms. The van der Waals surface area contributed by atoms with E-state index < -0.39 is 18.3 Å². The van der Waals surface area contributed by atoms with Gasteiger partial charge in [-0.1, -0.05) is 0 Å². The molecule has 0 bridgehead atoms. The maximum Gasteiger partial charge on any atom is 0.525 e. The second-order valence-corrected chi connectivity index (χ2v) is 6.73. The standard InChI is InChI=1S/C15H24BFO4/c1-6-19-13(18)11-8-7-10(9-11)12(17)16-20-14(2,3)15(4,5)21-16/h11H,6-9H2,1-5H3. The molecule has 4 nitrogen and oxygen atoms in total. The zero-order valence-corrected chi connectivity index (χ0v) is 13.5. The predicted octanol–water partition coefficient (Wildman–Crippen LogP) is 3.20. The van der Waals surface area contributed by atoms with E-state index in [2.05, 4.69) is 0 Å². The van der Waals surface area contributed by atoms with Crippen LogP contribution in [0.2, 0.25) is 0 Å². The maximum atomic E-state index is 14.6. The lowest BCUT2D eigenvalue weighted by Crippen LogP contribution is -2.41. The highest BCUT2D eigenvalue weighted by Crippen LogP contribution is 2.42. The molecule has 0 aromatic heterocycles. The van der Waals surface area contributed by atoms with E-state index in [1.807, 2.05) is 27.7 Å². The predicted molar refractivity (Wildman–Crippen MR) is 78.2 cm³/mol. The number of carbonyl (C=O) groups is 1. The Labute approximate surface area is 126 Å². The number of hydrogen-bond donors (Lipinski definition) is 0. The van der Waals surface area contributed by atoms with Gasteiger partial charge in [-0.15, -0.1) is 0 Å². The number of rotatable bonds is 3. The SMILES string of the molecule is CCOC(=O)C1CCC(=C(F)B2OC(C)(C)C(C)(C)O2)C1. The van der Waals surface area contributed by atoms with Crippen molar-refractivity contribution in [2.45, 2.75) is 65.1 Å². The Balaban J connectivity index is 2.07. The summed E-state index contributed by atoms with van der Waals surface area (Å²) in [5.41, 5.74) is -0.879. The first kappa shape index (κ1) is 16.5. The third-order valence-corrected chi connectivity index (χ3v) is 4.71. The molecular weight excluding hydrogens is 274 g/mol. The second-order valence-electron chi connectivity index (χ2n) is 6.73. The lowest BCUT2D eigenvalue weighted by Gasteiger charge is -2.32. The summed E-state index contributed by atoms with van der Waals surface area (Å²) >= 11 is 0. The quantitative estimate of drug-likeness (QED) is 0.593. The fourth-order valence-electron chi connectivity index (χ4n) is 2.64. The van der Waals surface area contributed by atoms with Crippen LogP contribution in [0.25, 0.3) is 0 Å². The molecule has 118 valence electrons. The molecule has 2 fully saturated rings. The van der Waals surface area contributed by atoms with Gasteiger partial charge < -0.3 is 14.0 Å². The van der Waals surface area contributed by atoms with Gasteiger partial charge in [0.25, 0.3) is 0 Å². The van der Waals surface area contributed by atoms with E-state index in [1.54, 1.807) is 6.92 Å². The van der Waals surface area contributed by atoms with Gasteiger partial charge in [-0.05, 0) is 59.5 Å². The van der Waals surface area contributed by atoms with Gasteiger partial charge in [-0.2, -0.15) is 0 Å². The van der Waals surface area contributed by atoms with Crippen molar-refractivity contribution in [2.24, 2.45) is 5.92 Å². The molecule has 0 spiro atoms. The molecule has 0 aromatic carbocycles. The monoisotopic (exact) mass is 298 g/mol. The zero-order chi connectivity index (χ0) is 15.8. The van der Waals surface area contributed by atoms with E-state index >= 15 is 0 Å². The van der Waals surface area contributed by atoms with E-state index in [-0.39, 0.29) is 17.6 Å². The minimum absolute atomic E-state index is 0.241. The van der Waals surface area contributed by atoms with E-state index in [0.29, 0.717) is 31.4 Å². The van der Waals surface area contributed by atoms with Crippen LogP contribution >= 0.6 is 0 Å². The number of allylic oxidation sites excluding steroid dienone is 1. The largest absolute Gasteiger partial charge is 0.525 e. The minimum atomic E-state index is -0.967. The molecule has 2 aliphatic rings. The van der Waals surface area contributed by atoms with Gasteiger partial charge in [0.05, 0.1) is 23.7 Å². The second kappa shape index (κ2) is 5.73. The van der Waals surface area contributed by atoms with Crippen LogP contribution in [-0.4, -0.2) is 30.9 Å². The number of hydrogen-bond acceptors (Lipinski definition) is 4. The Kier molecular flexibility index (Phi) is 4.50. The third kappa shape index (κ3) is 3.16. The highest BCUT2D eigenvalue weighted by molar-refractivity contribution is 6.53. The average Bonchev–Trinajstić information content (AvgIpc) is 2.93. The molecule has 2 rings (SSSR count). The minimum Gasteiger partial charge on any atom is -0.466 e. The Morgan fingerprint density at radius 3 is 2.43 bits per heavy atom. The van der Waals surface area contributed by atoms with Crippen LogP contribution in [-0.2, 0) is 18.8 Å². The summed E-state index contributed by atoms with van der Waals surface area (Å²) in [4.78, 5) is 11.7. The van der Waals surface area contributed by atoms with Gasteiger partial charge >= 0.3 is 13.1 Å². The topological polar surface area (TPSA) is 44.8 Å². The van der Waals surface area contributed by atoms with Crippen LogP contribution in [0.3, 0.4) is 0 Å². The number of halogens is 1. The molecule has 1 heterocycles. The fourth-order valence-corrected chi connectivity index (χ4v) is 2.64. The summed E-state index contributed by atoms with van der Waals surface area (Å²) in [7, 11) is -0.967. The first-order chi connectivity index (χ1) is 9.68. The molecule has 0 amide bonds. The molecule has 0 radical (unpaired) electrons. The van der Waals surface area contributed by atoms with Gasteiger partial charge in [0, 0.05) is 0 Å². The van der Waals surface area contributed by atoms with Crippen LogP contribution < -0.4 is 0 Å². The van der Waals surface area contributed by atoms with Crippen molar-refractivity contribution in [3.8, 4) is 0 Å². The lowest BCUT2D eigenvalue weighted by atomic mass is 9.84. The summed E-state index contributed by atoms with van der Waals surface area (Å²) < 4.78 is 31.0. The number of carbonyl (C=O) groups excluding carboxylic acids is 1. The van der Waals surface area contributed by atoms with Crippen molar-refractivity contribution >= 4 is 13.1 Å². The van der Waals surface area contributed by atoms with Crippen molar-refractivity contribution in [2.75, 3.05) is 6.61 Å². The smallest absolute Gasteiger partial charge is 0.466 e. The zero-order valence-electron chi connectivity index (χ0n) is 13.5. The van der Waals surface area contributed by atoms with Crippen LogP contribution in [0.1, 0.15) is 53.9 Å². The van der Waals surface area contributed by atoms with Crippen molar-refractivity contribution in [3.05, 3.63) is 11.3 Å². The summed E-state index contributed by atoms with van der Waals surface area (Å²) in [6.07, 6.45) is 1.58. The Hall–Kier alpha value is -0.875. The molecule has 1 atom stereocenters. The third-order valence-electron chi connectivity index (χ3n) is 4.71. The van der Waals surface area contributed by atoms with Crippen LogP contribution in [0.15, 0.2) is 11.3 Å². The van der Waals surface area contributed by atoms with Crippen LogP contribution in [0.4, 0.5) is 4.39 Å². The average molecular weight is 298 g/mol. The van der Waals surface area contributed by atoms with E-state index in [1.165, 1.54) is 0 Å². The molecule has 1 saturated heterocycles. The summed E-state index contributed by atoms with van der Waals surface area (Å²) in [5, 5.41) is 0. The first-order valence-corrected chi connectivity index (χ1v) is 7.57. The van der Waals surface area contributed by atoms with Crippen molar-refractivity contribution in [1.29, 1.82) is 0 Å². The number of ether oxygens (including phenoxy) is 1. The molecule has 21 heavy (non-hydrogen) atoms. The Morgan fingerprint density at radius 1 is 1.33 bits per heavy atom. The molecule has 1 saturated carbocycles. The van der Waals surface area contributed by atoms with Crippen LogP contribution in [0, 0.1) is 5.92 Å². The highest BCUT2D eigenvalue weighted by Gasteiger charge is 2.53. The Bertz CT molecular complexity index is 443. The number of esters is 1. The van der Waals surface area contributed by atoms with E-state index in [4.69, 9.17) is 14.0 Å². The van der Waals surface area contributed by atoms with Gasteiger partial charge in [-0.3, -0.25) is 4.79 Å². The van der Waals surface area contributed by atoms with Crippen molar-refractivity contribution in [3.63, 3.8) is 0 Å². The Morgan fingerprint density at radius 2 is 1.90 bits per heavy atom. The van der Waals surface area contributed by atoms with E-state index in [0.717, 1.165) is 0 Å². The molecule has 1 aliphatic carbocycles. The molecule has 1 unspecified atom stereocenters. The first-order valence-electron chi connectivity index (χ1n) is 7.57. The van der Waals surface area contributed by atoms with Crippen molar-refractivity contribution in [1.82, 2.24) is 0 Å². The summed E-state index contributed by atoms with van der Waals surface area (Å²) in [5.74, 6) is -0.484. The summed E-state index contributed by atoms with van der Waals surface area (Å²) in [6, 6.07) is 0. The molecule has 0 N–H and O–H groups in total. The normalized spacial score (nSPS) is 29.6. The van der Waals surface area contributed by atoms with Gasteiger partial charge in [0.2, 0.25) is 0 Å². The lowest BCUT2D eigenvalue weighted by molar-refractivity contribution is -0.147. The molecular formula is C15H24BFO4. The van der Waals surface area contributed by atoms with Gasteiger partial charge in [-0.25, -0.2) is 4.39 Å². The maximum absolute atomic E-state index is 14.6. The van der Waals surface area contributed by atoms with Gasteiger partial charge in [0.15, 0.2) is 0 Å². The summed E-state index contributed by atoms with van der Waals surface area (Å²) in [6.45, 7) is 9.69. The van der Waals surface area contributed by atoms with Crippen LogP contribution in [0.5, 0.6) is 0 Å². The molecule has 0 aromatic rings. The van der Waals surface area contributed by atoms with E-state index in [9.17, 15) is 9.18 Å².